The van der Waals surface area contributed by atoms with Gasteiger partial charge < -0.3 is 10.1 Å². The van der Waals surface area contributed by atoms with Crippen LogP contribution in [0, 0.1) is 0 Å². The maximum atomic E-state index is 12.4. The Hall–Kier alpha value is -1.89. The molecule has 2 aromatic heterocycles. The normalized spacial score (nSPS) is 10.5. The van der Waals surface area contributed by atoms with E-state index in [0.29, 0.717) is 27.9 Å². The molecule has 0 bridgehead atoms. The minimum atomic E-state index is -0.228. The first-order valence-electron chi connectivity index (χ1n) is 6.90. The number of ether oxygens (including phenoxy) is 1. The topological polar surface area (TPSA) is 51.2 Å². The number of carbonyl (C=O) groups is 1. The van der Waals surface area contributed by atoms with Crippen LogP contribution in [0.15, 0.2) is 41.9 Å². The zero-order valence-electron chi connectivity index (χ0n) is 12.2. The van der Waals surface area contributed by atoms with E-state index in [-0.39, 0.29) is 5.91 Å². The van der Waals surface area contributed by atoms with E-state index in [9.17, 15) is 4.79 Å². The molecule has 0 aliphatic carbocycles. The molecule has 0 aliphatic heterocycles. The molecular formula is C16H13ClN2O2S2. The van der Waals surface area contributed by atoms with E-state index in [4.69, 9.17) is 16.3 Å². The monoisotopic (exact) mass is 364 g/mol. The van der Waals surface area contributed by atoms with Crippen LogP contribution in [0.25, 0.3) is 9.88 Å². The average molecular weight is 365 g/mol. The van der Waals surface area contributed by atoms with E-state index in [0.717, 1.165) is 9.88 Å². The highest BCUT2D eigenvalue weighted by Crippen LogP contribution is 2.31. The van der Waals surface area contributed by atoms with E-state index in [1.807, 2.05) is 24.4 Å². The highest BCUT2D eigenvalue weighted by Gasteiger charge is 2.15. The summed E-state index contributed by atoms with van der Waals surface area (Å²) in [5, 5.41) is 6.19. The van der Waals surface area contributed by atoms with Gasteiger partial charge in [0.25, 0.3) is 5.91 Å². The summed E-state index contributed by atoms with van der Waals surface area (Å²) >= 11 is 8.95. The quantitative estimate of drug-likeness (QED) is 0.678. The van der Waals surface area contributed by atoms with Crippen LogP contribution in [-0.2, 0) is 0 Å². The number of thiophene rings is 1. The molecule has 1 N–H and O–H groups in total. The number of anilines is 1. The summed E-state index contributed by atoms with van der Waals surface area (Å²) in [4.78, 5) is 18.3. The van der Waals surface area contributed by atoms with Crippen LogP contribution in [0.5, 0.6) is 5.75 Å². The van der Waals surface area contributed by atoms with E-state index in [1.54, 1.807) is 35.7 Å². The van der Waals surface area contributed by atoms with Crippen molar-refractivity contribution in [3.63, 3.8) is 0 Å². The molecule has 2 heterocycles. The summed E-state index contributed by atoms with van der Waals surface area (Å²) in [7, 11) is 0. The lowest BCUT2D eigenvalue weighted by atomic mass is 10.3. The van der Waals surface area contributed by atoms with Crippen molar-refractivity contribution in [2.45, 2.75) is 6.92 Å². The predicted molar refractivity (Wildman–Crippen MR) is 96.0 cm³/mol. The summed E-state index contributed by atoms with van der Waals surface area (Å²) in [6.45, 7) is 2.39. The Labute approximate surface area is 146 Å². The van der Waals surface area contributed by atoms with Gasteiger partial charge in [0.1, 0.15) is 15.6 Å². The molecule has 3 aromatic rings. The van der Waals surface area contributed by atoms with E-state index in [1.165, 1.54) is 11.3 Å². The predicted octanol–water partition coefficient (Wildman–Crippen LogP) is 5.18. The van der Waals surface area contributed by atoms with Crippen molar-refractivity contribution >= 4 is 45.9 Å². The van der Waals surface area contributed by atoms with Crippen molar-refractivity contribution in [3.05, 3.63) is 51.8 Å². The lowest BCUT2D eigenvalue weighted by Crippen LogP contribution is -2.11. The highest BCUT2D eigenvalue weighted by atomic mass is 35.5. The van der Waals surface area contributed by atoms with Gasteiger partial charge in [-0.15, -0.1) is 22.7 Å². The zero-order valence-corrected chi connectivity index (χ0v) is 14.6. The summed E-state index contributed by atoms with van der Waals surface area (Å²) in [6.07, 6.45) is 1.58. The molecule has 7 heteroatoms. The van der Waals surface area contributed by atoms with Gasteiger partial charge in [-0.25, -0.2) is 4.98 Å². The fourth-order valence-corrected chi connectivity index (χ4v) is 3.75. The summed E-state index contributed by atoms with van der Waals surface area (Å²) in [5.41, 5.74) is 0.551. The van der Waals surface area contributed by atoms with Crippen LogP contribution >= 0.6 is 34.3 Å². The fourth-order valence-electron chi connectivity index (χ4n) is 1.96. The highest BCUT2D eigenvalue weighted by molar-refractivity contribution is 7.22. The Morgan fingerprint density at radius 2 is 2.26 bits per heavy atom. The Kier molecular flexibility index (Phi) is 4.95. The van der Waals surface area contributed by atoms with Gasteiger partial charge in [-0.05, 0) is 36.6 Å². The SMILES string of the molecule is CCOc1ccc(Cl)cc1NC(=O)c1cnc(-c2cccs2)s1. The minimum Gasteiger partial charge on any atom is -0.492 e. The number of nitrogens with zero attached hydrogens (tertiary/aromatic N) is 1. The molecule has 3 rings (SSSR count). The van der Waals surface area contributed by atoms with Gasteiger partial charge in [0, 0.05) is 5.02 Å². The van der Waals surface area contributed by atoms with Crippen LogP contribution in [-0.4, -0.2) is 17.5 Å². The molecular weight excluding hydrogens is 352 g/mol. The molecule has 118 valence electrons. The Morgan fingerprint density at radius 3 is 3.00 bits per heavy atom. The average Bonchev–Trinajstić information content (AvgIpc) is 3.20. The van der Waals surface area contributed by atoms with Gasteiger partial charge in [0.05, 0.1) is 23.4 Å². The summed E-state index contributed by atoms with van der Waals surface area (Å²) in [6, 6.07) is 9.08. The third-order valence-corrected chi connectivity index (χ3v) is 5.22. The van der Waals surface area contributed by atoms with Crippen molar-refractivity contribution in [2.75, 3.05) is 11.9 Å². The Morgan fingerprint density at radius 1 is 1.39 bits per heavy atom. The number of hydrogen-bond acceptors (Lipinski definition) is 5. The molecule has 0 fully saturated rings. The number of amides is 1. The summed E-state index contributed by atoms with van der Waals surface area (Å²) < 4.78 is 5.51. The van der Waals surface area contributed by atoms with Gasteiger partial charge in [0.2, 0.25) is 0 Å². The number of carbonyl (C=O) groups excluding carboxylic acids is 1. The molecule has 1 amide bonds. The van der Waals surface area contributed by atoms with Gasteiger partial charge in [-0.3, -0.25) is 4.79 Å². The minimum absolute atomic E-state index is 0.228. The first-order chi connectivity index (χ1) is 11.2. The van der Waals surface area contributed by atoms with Gasteiger partial charge in [0.15, 0.2) is 0 Å². The van der Waals surface area contributed by atoms with Crippen molar-refractivity contribution in [1.29, 1.82) is 0 Å². The smallest absolute Gasteiger partial charge is 0.267 e. The van der Waals surface area contributed by atoms with Crippen molar-refractivity contribution in [2.24, 2.45) is 0 Å². The fraction of sp³-hybridized carbons (Fsp3) is 0.125. The molecule has 1 aromatic carbocycles. The molecule has 0 aliphatic rings. The number of nitrogens with one attached hydrogen (secondary N) is 1. The second kappa shape index (κ2) is 7.12. The molecule has 23 heavy (non-hydrogen) atoms. The standard InChI is InChI=1S/C16H13ClN2O2S2/c1-2-21-12-6-5-10(17)8-11(12)19-15(20)14-9-18-16(23-14)13-4-3-7-22-13/h3-9H,2H2,1H3,(H,19,20). The van der Waals surface area contributed by atoms with Crippen LogP contribution in [0.4, 0.5) is 5.69 Å². The lowest BCUT2D eigenvalue weighted by Gasteiger charge is -2.11. The third-order valence-electron chi connectivity index (χ3n) is 2.95. The number of rotatable bonds is 5. The number of hydrogen-bond donors (Lipinski definition) is 1. The van der Waals surface area contributed by atoms with Crippen LogP contribution in [0.3, 0.4) is 0 Å². The van der Waals surface area contributed by atoms with Crippen LogP contribution < -0.4 is 10.1 Å². The molecule has 0 atom stereocenters. The molecule has 0 saturated carbocycles. The molecule has 0 unspecified atom stereocenters. The second-order valence-electron chi connectivity index (χ2n) is 4.53. The maximum absolute atomic E-state index is 12.4. The number of aromatic nitrogens is 1. The van der Waals surface area contributed by atoms with Gasteiger partial charge in [-0.2, -0.15) is 0 Å². The number of thiazole rings is 1. The van der Waals surface area contributed by atoms with Gasteiger partial charge >= 0.3 is 0 Å². The molecule has 0 saturated heterocycles. The van der Waals surface area contributed by atoms with E-state index >= 15 is 0 Å². The number of benzene rings is 1. The molecule has 0 radical (unpaired) electrons. The van der Waals surface area contributed by atoms with Gasteiger partial charge in [-0.1, -0.05) is 17.7 Å². The van der Waals surface area contributed by atoms with Crippen LogP contribution in [0.2, 0.25) is 5.02 Å². The van der Waals surface area contributed by atoms with E-state index in [2.05, 4.69) is 10.3 Å². The molecule has 0 spiro atoms. The summed E-state index contributed by atoms with van der Waals surface area (Å²) in [5.74, 6) is 0.363. The zero-order chi connectivity index (χ0) is 16.2. The largest absolute Gasteiger partial charge is 0.492 e. The second-order valence-corrected chi connectivity index (χ2v) is 6.95. The third kappa shape index (κ3) is 3.72. The maximum Gasteiger partial charge on any atom is 0.267 e. The van der Waals surface area contributed by atoms with Crippen molar-refractivity contribution in [3.8, 4) is 15.6 Å². The van der Waals surface area contributed by atoms with Crippen LogP contribution in [0.1, 0.15) is 16.6 Å². The van der Waals surface area contributed by atoms with Crippen molar-refractivity contribution < 1.29 is 9.53 Å². The Balaban J connectivity index is 1.81. The van der Waals surface area contributed by atoms with Crippen molar-refractivity contribution in [1.82, 2.24) is 4.98 Å². The Bertz CT molecular complexity index is 815. The van der Waals surface area contributed by atoms with E-state index < -0.39 is 0 Å². The molecule has 4 nitrogen and oxygen atoms in total. The lowest BCUT2D eigenvalue weighted by molar-refractivity contribution is 0.103. The first-order valence-corrected chi connectivity index (χ1v) is 8.98. The first kappa shape index (κ1) is 16.0. The number of halogens is 1.